The Hall–Kier alpha value is -3.85. The van der Waals surface area contributed by atoms with Gasteiger partial charge >= 0.3 is 0 Å². The Labute approximate surface area is 170 Å². The average molecular weight is 383 g/mol. The number of hydrogen-bond acceptors (Lipinski definition) is 6. The molecule has 0 aliphatic heterocycles. The molecule has 4 rings (SSSR count). The first-order valence-electron chi connectivity index (χ1n) is 9.22. The second-order valence-corrected chi connectivity index (χ2v) is 7.30. The van der Waals surface area contributed by atoms with Crippen molar-refractivity contribution in [2.75, 3.05) is 0 Å². The topological polar surface area (TPSA) is 88.5 Å². The first-order chi connectivity index (χ1) is 14.0. The van der Waals surface area contributed by atoms with Crippen LogP contribution in [0.2, 0.25) is 0 Å². The normalized spacial score (nSPS) is 11.2. The molecule has 0 unspecified atom stereocenters. The highest BCUT2D eigenvalue weighted by Gasteiger charge is 2.22. The van der Waals surface area contributed by atoms with Crippen molar-refractivity contribution in [3.63, 3.8) is 0 Å². The standard InChI is InChI=1S/C23H19N5O.H2/c1-15-22(20-12-18(28-29-20)16-7-5-4-6-8-16)27-19(13-26-15)17-9-10-25-21(11-17)23(2,3)14-24;/h4-13H,1-3H3;1H. The molecule has 0 fully saturated rings. The molecule has 0 saturated carbocycles. The minimum absolute atomic E-state index is 0. The van der Waals surface area contributed by atoms with Crippen molar-refractivity contribution in [3.05, 3.63) is 72.3 Å². The SMILES string of the molecule is Cc1ncc(-c2ccnc(C(C)(C)C#N)c2)nc1-c1cc(-c2ccccc2)no1.[HH]. The Morgan fingerprint density at radius 3 is 2.55 bits per heavy atom. The Balaban J connectivity index is 0.00000256. The van der Waals surface area contributed by atoms with Gasteiger partial charge in [-0.3, -0.25) is 9.97 Å². The van der Waals surface area contributed by atoms with Gasteiger partial charge in [-0.05, 0) is 32.9 Å². The van der Waals surface area contributed by atoms with Gasteiger partial charge < -0.3 is 4.52 Å². The zero-order valence-electron chi connectivity index (χ0n) is 16.4. The van der Waals surface area contributed by atoms with Gasteiger partial charge in [0.05, 0.1) is 34.8 Å². The van der Waals surface area contributed by atoms with Crippen molar-refractivity contribution in [3.8, 4) is 40.0 Å². The number of nitriles is 1. The van der Waals surface area contributed by atoms with Crippen LogP contribution in [-0.2, 0) is 5.41 Å². The molecule has 0 bridgehead atoms. The lowest BCUT2D eigenvalue weighted by Gasteiger charge is -2.15. The molecule has 0 aliphatic rings. The molecule has 0 radical (unpaired) electrons. The summed E-state index contributed by atoms with van der Waals surface area (Å²) in [5.41, 5.74) is 4.62. The van der Waals surface area contributed by atoms with Crippen molar-refractivity contribution < 1.29 is 5.95 Å². The van der Waals surface area contributed by atoms with Gasteiger partial charge in [-0.15, -0.1) is 0 Å². The van der Waals surface area contributed by atoms with Gasteiger partial charge in [0.15, 0.2) is 5.76 Å². The summed E-state index contributed by atoms with van der Waals surface area (Å²) in [4.78, 5) is 13.6. The van der Waals surface area contributed by atoms with E-state index in [2.05, 4.69) is 21.2 Å². The zero-order valence-corrected chi connectivity index (χ0v) is 16.4. The highest BCUT2D eigenvalue weighted by molar-refractivity contribution is 5.68. The first-order valence-corrected chi connectivity index (χ1v) is 9.22. The largest absolute Gasteiger partial charge is 0.354 e. The quantitative estimate of drug-likeness (QED) is 0.480. The summed E-state index contributed by atoms with van der Waals surface area (Å²) >= 11 is 0. The van der Waals surface area contributed by atoms with Crippen LogP contribution >= 0.6 is 0 Å². The van der Waals surface area contributed by atoms with Crippen molar-refractivity contribution in [1.82, 2.24) is 20.1 Å². The third kappa shape index (κ3) is 3.63. The summed E-state index contributed by atoms with van der Waals surface area (Å²) < 4.78 is 5.56. The molecule has 0 N–H and O–H groups in total. The Morgan fingerprint density at radius 1 is 1.00 bits per heavy atom. The van der Waals surface area contributed by atoms with Gasteiger partial charge in [-0.2, -0.15) is 5.26 Å². The van der Waals surface area contributed by atoms with E-state index in [4.69, 9.17) is 9.51 Å². The number of rotatable bonds is 4. The molecular weight excluding hydrogens is 362 g/mol. The maximum atomic E-state index is 9.40. The summed E-state index contributed by atoms with van der Waals surface area (Å²) in [6.07, 6.45) is 3.40. The fourth-order valence-electron chi connectivity index (χ4n) is 2.94. The number of nitrogens with zero attached hydrogens (tertiary/aromatic N) is 5. The molecule has 6 nitrogen and oxygen atoms in total. The Morgan fingerprint density at radius 2 is 1.79 bits per heavy atom. The zero-order chi connectivity index (χ0) is 20.4. The first kappa shape index (κ1) is 18.5. The summed E-state index contributed by atoms with van der Waals surface area (Å²) in [6.45, 7) is 5.56. The number of pyridine rings is 1. The molecule has 144 valence electrons. The van der Waals surface area contributed by atoms with Gasteiger partial charge in [-0.1, -0.05) is 35.5 Å². The molecule has 0 saturated heterocycles. The van der Waals surface area contributed by atoms with Crippen LogP contribution in [-0.4, -0.2) is 20.1 Å². The highest BCUT2D eigenvalue weighted by atomic mass is 16.5. The van der Waals surface area contributed by atoms with E-state index in [1.165, 1.54) is 0 Å². The molecular formula is C23H21N5O. The van der Waals surface area contributed by atoms with Crippen LogP contribution in [0.5, 0.6) is 0 Å². The molecule has 3 aromatic heterocycles. The van der Waals surface area contributed by atoms with Crippen LogP contribution in [0.4, 0.5) is 0 Å². The molecule has 0 spiro atoms. The predicted molar refractivity (Wildman–Crippen MR) is 112 cm³/mol. The maximum Gasteiger partial charge on any atom is 0.187 e. The smallest absolute Gasteiger partial charge is 0.187 e. The monoisotopic (exact) mass is 383 g/mol. The number of hydrogen-bond donors (Lipinski definition) is 0. The van der Waals surface area contributed by atoms with Gasteiger partial charge in [0.2, 0.25) is 0 Å². The van der Waals surface area contributed by atoms with Crippen LogP contribution in [0.3, 0.4) is 0 Å². The van der Waals surface area contributed by atoms with Gasteiger partial charge in [0, 0.05) is 24.8 Å². The predicted octanol–water partition coefficient (Wildman–Crippen LogP) is 5.22. The lowest BCUT2D eigenvalue weighted by atomic mass is 9.90. The van der Waals surface area contributed by atoms with E-state index in [0.29, 0.717) is 22.8 Å². The van der Waals surface area contributed by atoms with E-state index in [1.807, 2.05) is 69.3 Å². The van der Waals surface area contributed by atoms with Crippen molar-refractivity contribution in [2.45, 2.75) is 26.2 Å². The van der Waals surface area contributed by atoms with Crippen LogP contribution in [0.25, 0.3) is 34.0 Å². The molecule has 4 aromatic rings. The summed E-state index contributed by atoms with van der Waals surface area (Å²) in [6, 6.07) is 17.7. The molecule has 6 heteroatoms. The molecule has 0 atom stereocenters. The molecule has 3 heterocycles. The van der Waals surface area contributed by atoms with Crippen LogP contribution < -0.4 is 0 Å². The number of aryl methyl sites for hydroxylation is 1. The van der Waals surface area contributed by atoms with Crippen LogP contribution in [0.1, 0.15) is 26.7 Å². The highest BCUT2D eigenvalue weighted by Crippen LogP contribution is 2.29. The second-order valence-electron chi connectivity index (χ2n) is 7.30. The summed E-state index contributed by atoms with van der Waals surface area (Å²) in [7, 11) is 0. The fraction of sp³-hybridized carbons (Fsp3) is 0.174. The molecule has 29 heavy (non-hydrogen) atoms. The van der Waals surface area contributed by atoms with Crippen molar-refractivity contribution >= 4 is 0 Å². The molecule has 1 aromatic carbocycles. The van der Waals surface area contributed by atoms with Gasteiger partial charge in [0.1, 0.15) is 11.4 Å². The minimum Gasteiger partial charge on any atom is -0.354 e. The lowest BCUT2D eigenvalue weighted by molar-refractivity contribution is 0.433. The maximum absolute atomic E-state index is 9.40. The van der Waals surface area contributed by atoms with Crippen LogP contribution in [0, 0.1) is 18.3 Å². The van der Waals surface area contributed by atoms with E-state index in [0.717, 1.165) is 22.5 Å². The summed E-state index contributed by atoms with van der Waals surface area (Å²) in [5, 5.41) is 13.6. The van der Waals surface area contributed by atoms with E-state index in [-0.39, 0.29) is 1.43 Å². The average Bonchev–Trinajstić information content (AvgIpc) is 3.25. The third-order valence-electron chi connectivity index (χ3n) is 4.74. The van der Waals surface area contributed by atoms with E-state index in [9.17, 15) is 5.26 Å². The molecule has 0 aliphatic carbocycles. The third-order valence-corrected chi connectivity index (χ3v) is 4.74. The van der Waals surface area contributed by atoms with Crippen molar-refractivity contribution in [1.29, 1.82) is 5.26 Å². The molecule has 0 amide bonds. The Bertz CT molecular complexity index is 1210. The summed E-state index contributed by atoms with van der Waals surface area (Å²) in [5.74, 6) is 0.558. The minimum atomic E-state index is -0.688. The number of benzene rings is 1. The Kier molecular flexibility index (Phi) is 4.65. The van der Waals surface area contributed by atoms with Gasteiger partial charge in [0.25, 0.3) is 0 Å². The van der Waals surface area contributed by atoms with Crippen LogP contribution in [0.15, 0.2) is 65.4 Å². The van der Waals surface area contributed by atoms with Gasteiger partial charge in [-0.25, -0.2) is 4.98 Å². The van der Waals surface area contributed by atoms with Crippen molar-refractivity contribution in [2.24, 2.45) is 0 Å². The van der Waals surface area contributed by atoms with E-state index in [1.54, 1.807) is 12.4 Å². The van der Waals surface area contributed by atoms with E-state index >= 15 is 0 Å². The fourth-order valence-corrected chi connectivity index (χ4v) is 2.94. The second kappa shape index (κ2) is 7.28. The number of aromatic nitrogens is 4. The van der Waals surface area contributed by atoms with E-state index < -0.39 is 5.41 Å². The lowest BCUT2D eigenvalue weighted by Crippen LogP contribution is -2.15.